The van der Waals surface area contributed by atoms with E-state index in [1.807, 2.05) is 0 Å². The predicted molar refractivity (Wildman–Crippen MR) is 72.1 cm³/mol. The van der Waals surface area contributed by atoms with Gasteiger partial charge in [0.15, 0.2) is 11.6 Å². The van der Waals surface area contributed by atoms with E-state index in [9.17, 15) is 8.78 Å². The predicted octanol–water partition coefficient (Wildman–Crippen LogP) is 3.90. The minimum absolute atomic E-state index is 0.0583. The molecule has 0 radical (unpaired) electrons. The zero-order chi connectivity index (χ0) is 14.7. The van der Waals surface area contributed by atoms with Crippen LogP contribution in [0.5, 0.6) is 5.75 Å². The van der Waals surface area contributed by atoms with Gasteiger partial charge in [0.2, 0.25) is 0 Å². The van der Waals surface area contributed by atoms with Crippen molar-refractivity contribution in [3.63, 3.8) is 0 Å². The van der Waals surface area contributed by atoms with Crippen molar-refractivity contribution in [3.05, 3.63) is 53.1 Å². The fraction of sp³-hybridized carbons (Fsp3) is 0.133. The minimum atomic E-state index is -0.809. The monoisotopic (exact) mass is 274 g/mol. The van der Waals surface area contributed by atoms with E-state index in [0.717, 1.165) is 17.7 Å². The maximum Gasteiger partial charge on any atom is 0.150 e. The molecule has 2 aromatic rings. The third-order valence-corrected chi connectivity index (χ3v) is 2.86. The molecule has 2 rings (SSSR count). The summed E-state index contributed by atoms with van der Waals surface area (Å²) < 4.78 is 32.6. The molecule has 5 heteroatoms. The number of methoxy groups -OCH3 is 1. The fourth-order valence-electron chi connectivity index (χ4n) is 1.80. The van der Waals surface area contributed by atoms with Gasteiger partial charge in [-0.05, 0) is 42.8 Å². The summed E-state index contributed by atoms with van der Waals surface area (Å²) in [5.74, 6) is -0.956. The van der Waals surface area contributed by atoms with E-state index in [0.29, 0.717) is 11.4 Å². The Hall–Kier alpha value is -2.61. The SMILES string of the molecule is COc1ccc(Nc2c(F)cc(C#N)cc2F)c(C)c1. The molecule has 0 saturated carbocycles. The summed E-state index contributed by atoms with van der Waals surface area (Å²) in [6.45, 7) is 1.80. The first-order valence-electron chi connectivity index (χ1n) is 5.86. The molecule has 20 heavy (non-hydrogen) atoms. The van der Waals surface area contributed by atoms with Crippen LogP contribution < -0.4 is 10.1 Å². The van der Waals surface area contributed by atoms with E-state index in [4.69, 9.17) is 10.00 Å². The first-order valence-corrected chi connectivity index (χ1v) is 5.86. The Morgan fingerprint density at radius 3 is 2.30 bits per heavy atom. The summed E-state index contributed by atoms with van der Waals surface area (Å²) in [4.78, 5) is 0. The number of ether oxygens (including phenoxy) is 1. The van der Waals surface area contributed by atoms with Crippen LogP contribution in [0.15, 0.2) is 30.3 Å². The first-order chi connectivity index (χ1) is 9.55. The highest BCUT2D eigenvalue weighted by molar-refractivity contribution is 5.65. The van der Waals surface area contributed by atoms with Gasteiger partial charge in [0.05, 0.1) is 18.7 Å². The molecule has 102 valence electrons. The van der Waals surface area contributed by atoms with Gasteiger partial charge in [0, 0.05) is 5.69 Å². The van der Waals surface area contributed by atoms with Gasteiger partial charge in [-0.1, -0.05) is 0 Å². The van der Waals surface area contributed by atoms with Crippen LogP contribution in [0.3, 0.4) is 0 Å². The number of nitrogens with zero attached hydrogens (tertiary/aromatic N) is 1. The maximum atomic E-state index is 13.8. The van der Waals surface area contributed by atoms with E-state index in [-0.39, 0.29) is 11.3 Å². The highest BCUT2D eigenvalue weighted by atomic mass is 19.1. The van der Waals surface area contributed by atoms with Gasteiger partial charge in [0.25, 0.3) is 0 Å². The van der Waals surface area contributed by atoms with Gasteiger partial charge in [-0.3, -0.25) is 0 Å². The number of benzene rings is 2. The molecule has 0 bridgehead atoms. The average Bonchev–Trinajstić information content (AvgIpc) is 2.43. The van der Waals surface area contributed by atoms with Crippen molar-refractivity contribution in [2.75, 3.05) is 12.4 Å². The van der Waals surface area contributed by atoms with Crippen molar-refractivity contribution in [3.8, 4) is 11.8 Å². The summed E-state index contributed by atoms with van der Waals surface area (Å²) >= 11 is 0. The van der Waals surface area contributed by atoms with E-state index in [1.54, 1.807) is 38.3 Å². The second-order valence-electron chi connectivity index (χ2n) is 4.23. The molecule has 0 aliphatic rings. The van der Waals surface area contributed by atoms with Crippen molar-refractivity contribution in [2.24, 2.45) is 0 Å². The maximum absolute atomic E-state index is 13.8. The summed E-state index contributed by atoms with van der Waals surface area (Å²) in [5.41, 5.74) is 1.01. The van der Waals surface area contributed by atoms with Gasteiger partial charge in [0.1, 0.15) is 11.4 Å². The zero-order valence-corrected chi connectivity index (χ0v) is 11.0. The average molecular weight is 274 g/mol. The van der Waals surface area contributed by atoms with Gasteiger partial charge in [-0.15, -0.1) is 0 Å². The summed E-state index contributed by atoms with van der Waals surface area (Å²) in [5, 5.41) is 11.3. The Labute approximate surface area is 115 Å². The molecular formula is C15H12F2N2O. The van der Waals surface area contributed by atoms with Crippen LogP contribution in [0, 0.1) is 29.9 Å². The molecule has 0 aliphatic carbocycles. The van der Waals surface area contributed by atoms with Crippen LogP contribution in [-0.2, 0) is 0 Å². The number of hydrogen-bond acceptors (Lipinski definition) is 3. The number of rotatable bonds is 3. The lowest BCUT2D eigenvalue weighted by Gasteiger charge is -2.12. The largest absolute Gasteiger partial charge is 0.497 e. The van der Waals surface area contributed by atoms with Crippen LogP contribution in [0.4, 0.5) is 20.2 Å². The number of hydrogen-bond donors (Lipinski definition) is 1. The number of halogens is 2. The molecule has 0 aliphatic heterocycles. The second-order valence-corrected chi connectivity index (χ2v) is 4.23. The lowest BCUT2D eigenvalue weighted by atomic mass is 10.1. The van der Waals surface area contributed by atoms with Gasteiger partial charge >= 0.3 is 0 Å². The Morgan fingerprint density at radius 2 is 1.80 bits per heavy atom. The Kier molecular flexibility index (Phi) is 3.85. The first kappa shape index (κ1) is 13.8. The molecule has 3 nitrogen and oxygen atoms in total. The molecule has 0 amide bonds. The molecule has 0 spiro atoms. The standard InChI is InChI=1S/C15H12F2N2O/c1-9-5-11(20-2)3-4-14(9)19-15-12(16)6-10(8-18)7-13(15)17/h3-7,19H,1-2H3. The van der Waals surface area contributed by atoms with Crippen molar-refractivity contribution < 1.29 is 13.5 Å². The summed E-state index contributed by atoms with van der Waals surface area (Å²) in [6, 6.07) is 8.80. The number of nitrogens with one attached hydrogen (secondary N) is 1. The van der Waals surface area contributed by atoms with E-state index in [1.165, 1.54) is 0 Å². The molecule has 0 unspecified atom stereocenters. The molecule has 2 aromatic carbocycles. The molecule has 0 saturated heterocycles. The molecule has 0 aromatic heterocycles. The lowest BCUT2D eigenvalue weighted by molar-refractivity contribution is 0.414. The number of aryl methyl sites for hydroxylation is 1. The van der Waals surface area contributed by atoms with Crippen molar-refractivity contribution in [2.45, 2.75) is 6.92 Å². The van der Waals surface area contributed by atoms with Crippen LogP contribution in [0.2, 0.25) is 0 Å². The normalized spacial score (nSPS) is 9.95. The van der Waals surface area contributed by atoms with Gasteiger partial charge in [-0.25, -0.2) is 8.78 Å². The second kappa shape index (κ2) is 5.57. The van der Waals surface area contributed by atoms with Crippen LogP contribution >= 0.6 is 0 Å². The van der Waals surface area contributed by atoms with E-state index in [2.05, 4.69) is 5.32 Å². The van der Waals surface area contributed by atoms with Crippen LogP contribution in [0.1, 0.15) is 11.1 Å². The third kappa shape index (κ3) is 2.69. The van der Waals surface area contributed by atoms with Crippen molar-refractivity contribution in [1.82, 2.24) is 0 Å². The number of nitriles is 1. The minimum Gasteiger partial charge on any atom is -0.497 e. The van der Waals surface area contributed by atoms with Gasteiger partial charge < -0.3 is 10.1 Å². The van der Waals surface area contributed by atoms with Crippen molar-refractivity contribution in [1.29, 1.82) is 5.26 Å². The van der Waals surface area contributed by atoms with Gasteiger partial charge in [-0.2, -0.15) is 5.26 Å². The Balaban J connectivity index is 2.38. The van der Waals surface area contributed by atoms with Crippen molar-refractivity contribution >= 4 is 11.4 Å². The summed E-state index contributed by atoms with van der Waals surface area (Å²) in [7, 11) is 1.54. The molecular weight excluding hydrogens is 262 g/mol. The molecule has 0 atom stereocenters. The lowest BCUT2D eigenvalue weighted by Crippen LogP contribution is -2.00. The fourth-order valence-corrected chi connectivity index (χ4v) is 1.80. The van der Waals surface area contributed by atoms with Crippen LogP contribution in [-0.4, -0.2) is 7.11 Å². The molecule has 0 fully saturated rings. The third-order valence-electron chi connectivity index (χ3n) is 2.86. The van der Waals surface area contributed by atoms with E-state index >= 15 is 0 Å². The zero-order valence-electron chi connectivity index (χ0n) is 11.0. The Morgan fingerprint density at radius 1 is 1.15 bits per heavy atom. The molecule has 0 heterocycles. The highest BCUT2D eigenvalue weighted by Crippen LogP contribution is 2.28. The molecule has 1 N–H and O–H groups in total. The van der Waals surface area contributed by atoms with E-state index < -0.39 is 11.6 Å². The number of anilines is 2. The highest BCUT2D eigenvalue weighted by Gasteiger charge is 2.12. The van der Waals surface area contributed by atoms with Crippen LogP contribution in [0.25, 0.3) is 0 Å². The quantitative estimate of drug-likeness (QED) is 0.923. The smallest absolute Gasteiger partial charge is 0.150 e. The topological polar surface area (TPSA) is 45.0 Å². The Bertz CT molecular complexity index is 670. The summed E-state index contributed by atoms with van der Waals surface area (Å²) in [6.07, 6.45) is 0.